The summed E-state index contributed by atoms with van der Waals surface area (Å²) >= 11 is 0. The molecule has 0 atom stereocenters. The highest BCUT2D eigenvalue weighted by molar-refractivity contribution is 7.86. The van der Waals surface area contributed by atoms with Crippen LogP contribution in [-0.4, -0.2) is 17.9 Å². The molecule has 0 aromatic heterocycles. The van der Waals surface area contributed by atoms with Crippen molar-refractivity contribution in [2.24, 2.45) is 0 Å². The average molecular weight is 283 g/mol. The highest BCUT2D eigenvalue weighted by Crippen LogP contribution is 2.34. The van der Waals surface area contributed by atoms with Gasteiger partial charge in [0.25, 0.3) is 15.8 Å². The Morgan fingerprint density at radius 1 is 1.16 bits per heavy atom. The van der Waals surface area contributed by atoms with E-state index in [1.165, 1.54) is 12.1 Å². The molecule has 2 rings (SSSR count). The SMILES string of the molecule is Nc1cc(S(=O)(=O)O)c2cc([N+](=O)[O-])ccc2c1N. The number of rotatable bonds is 2. The summed E-state index contributed by atoms with van der Waals surface area (Å²) in [4.78, 5) is 9.50. The number of hydrogen-bond acceptors (Lipinski definition) is 6. The zero-order valence-electron chi connectivity index (χ0n) is 9.40. The third kappa shape index (κ3) is 2.16. The number of hydrogen-bond donors (Lipinski definition) is 3. The second-order valence-corrected chi connectivity index (χ2v) is 5.23. The summed E-state index contributed by atoms with van der Waals surface area (Å²) < 4.78 is 31.7. The number of benzene rings is 2. The van der Waals surface area contributed by atoms with Crippen molar-refractivity contribution in [1.82, 2.24) is 0 Å². The van der Waals surface area contributed by atoms with Gasteiger partial charge in [-0.1, -0.05) is 0 Å². The fraction of sp³-hybridized carbons (Fsp3) is 0. The van der Waals surface area contributed by atoms with Crippen molar-refractivity contribution in [2.45, 2.75) is 4.90 Å². The Morgan fingerprint density at radius 3 is 2.32 bits per heavy atom. The molecule has 0 fully saturated rings. The molecule has 0 bridgehead atoms. The van der Waals surface area contributed by atoms with Gasteiger partial charge >= 0.3 is 0 Å². The average Bonchev–Trinajstić information content (AvgIpc) is 2.31. The van der Waals surface area contributed by atoms with Gasteiger partial charge in [-0.3, -0.25) is 14.7 Å². The van der Waals surface area contributed by atoms with E-state index in [1.54, 1.807) is 0 Å². The third-order valence-electron chi connectivity index (χ3n) is 2.65. The number of non-ortho nitro benzene ring substituents is 1. The van der Waals surface area contributed by atoms with E-state index in [0.29, 0.717) is 0 Å². The minimum atomic E-state index is -4.57. The first-order valence-electron chi connectivity index (χ1n) is 4.95. The van der Waals surface area contributed by atoms with E-state index in [2.05, 4.69) is 0 Å². The van der Waals surface area contributed by atoms with Crippen LogP contribution < -0.4 is 11.5 Å². The number of nitrogens with two attached hydrogens (primary N) is 2. The Balaban J connectivity index is 2.99. The van der Waals surface area contributed by atoms with Crippen LogP contribution in [0.15, 0.2) is 29.2 Å². The molecule has 8 nitrogen and oxygen atoms in total. The maximum Gasteiger partial charge on any atom is 0.295 e. The minimum absolute atomic E-state index is 0.0334. The minimum Gasteiger partial charge on any atom is -0.397 e. The summed E-state index contributed by atoms with van der Waals surface area (Å²) in [7, 11) is -4.57. The first kappa shape index (κ1) is 13.1. The van der Waals surface area contributed by atoms with Crippen LogP contribution >= 0.6 is 0 Å². The smallest absolute Gasteiger partial charge is 0.295 e. The van der Waals surface area contributed by atoms with E-state index in [-0.39, 0.29) is 27.8 Å². The zero-order valence-corrected chi connectivity index (χ0v) is 10.2. The number of nitro benzene ring substituents is 1. The molecule has 19 heavy (non-hydrogen) atoms. The van der Waals surface area contributed by atoms with E-state index >= 15 is 0 Å². The number of nitrogen functional groups attached to an aromatic ring is 2. The van der Waals surface area contributed by atoms with Gasteiger partial charge in [0, 0.05) is 22.9 Å². The summed E-state index contributed by atoms with van der Waals surface area (Å²) in [6.45, 7) is 0. The largest absolute Gasteiger partial charge is 0.397 e. The van der Waals surface area contributed by atoms with Crippen LogP contribution in [0.1, 0.15) is 0 Å². The summed E-state index contributed by atoms with van der Waals surface area (Å²) in [6, 6.07) is 4.45. The van der Waals surface area contributed by atoms with E-state index in [4.69, 9.17) is 16.0 Å². The van der Waals surface area contributed by atoms with Crippen molar-refractivity contribution >= 4 is 38.0 Å². The van der Waals surface area contributed by atoms with E-state index in [1.807, 2.05) is 0 Å². The predicted octanol–water partition coefficient (Wildman–Crippen LogP) is 1.16. The standard InChI is InChI=1S/C10H9N3O5S/c11-8-4-9(19(16,17)18)7-3-5(13(14)15)1-2-6(7)10(8)12/h1-4H,11-12H2,(H,16,17,18). The van der Waals surface area contributed by atoms with E-state index in [0.717, 1.165) is 12.1 Å². The Kier molecular flexibility index (Phi) is 2.80. The molecule has 100 valence electrons. The Bertz CT molecular complexity index is 800. The molecular formula is C10H9N3O5S. The fourth-order valence-corrected chi connectivity index (χ4v) is 2.47. The van der Waals surface area contributed by atoms with Crippen molar-refractivity contribution in [2.75, 3.05) is 11.5 Å². The maximum atomic E-state index is 11.3. The normalized spacial score (nSPS) is 11.6. The molecule has 2 aromatic rings. The number of fused-ring (bicyclic) bond motifs is 1. The summed E-state index contributed by atoms with van der Waals surface area (Å²) in [5.41, 5.74) is 11.0. The van der Waals surface area contributed by atoms with Crippen LogP contribution in [0, 0.1) is 10.1 Å². The van der Waals surface area contributed by atoms with Gasteiger partial charge in [-0.05, 0) is 12.1 Å². The Morgan fingerprint density at radius 2 is 1.79 bits per heavy atom. The Labute approximate surface area is 107 Å². The fourth-order valence-electron chi connectivity index (χ4n) is 1.75. The number of nitro groups is 1. The molecule has 2 aromatic carbocycles. The molecule has 0 aliphatic rings. The first-order chi connectivity index (χ1) is 8.71. The lowest BCUT2D eigenvalue weighted by Crippen LogP contribution is -2.04. The van der Waals surface area contributed by atoms with Gasteiger partial charge in [-0.2, -0.15) is 8.42 Å². The Hall–Kier alpha value is -2.39. The first-order valence-corrected chi connectivity index (χ1v) is 6.39. The lowest BCUT2D eigenvalue weighted by molar-refractivity contribution is -0.384. The highest BCUT2D eigenvalue weighted by Gasteiger charge is 2.19. The van der Waals surface area contributed by atoms with E-state index < -0.39 is 19.9 Å². The molecule has 0 saturated heterocycles. The molecule has 0 radical (unpaired) electrons. The van der Waals surface area contributed by atoms with Crippen LogP contribution in [0.2, 0.25) is 0 Å². The quantitative estimate of drug-likeness (QED) is 0.324. The van der Waals surface area contributed by atoms with Gasteiger partial charge in [0.2, 0.25) is 0 Å². The maximum absolute atomic E-state index is 11.3. The summed E-state index contributed by atoms with van der Waals surface area (Å²) in [5, 5.41) is 10.9. The van der Waals surface area contributed by atoms with Crippen molar-refractivity contribution in [3.63, 3.8) is 0 Å². The van der Waals surface area contributed by atoms with Crippen molar-refractivity contribution in [1.29, 1.82) is 0 Å². The van der Waals surface area contributed by atoms with Crippen LogP contribution in [0.5, 0.6) is 0 Å². The number of nitrogens with zero attached hydrogens (tertiary/aromatic N) is 1. The van der Waals surface area contributed by atoms with Gasteiger partial charge in [-0.25, -0.2) is 0 Å². The van der Waals surface area contributed by atoms with Crippen LogP contribution in [0.4, 0.5) is 17.1 Å². The molecule has 5 N–H and O–H groups in total. The van der Waals surface area contributed by atoms with Gasteiger partial charge in [-0.15, -0.1) is 0 Å². The molecule has 0 aliphatic heterocycles. The molecule has 0 unspecified atom stereocenters. The van der Waals surface area contributed by atoms with Gasteiger partial charge in [0.05, 0.1) is 16.3 Å². The lowest BCUT2D eigenvalue weighted by Gasteiger charge is -2.09. The van der Waals surface area contributed by atoms with Gasteiger partial charge < -0.3 is 11.5 Å². The zero-order chi connectivity index (χ0) is 14.4. The molecule has 0 saturated carbocycles. The van der Waals surface area contributed by atoms with Crippen LogP contribution in [0.25, 0.3) is 10.8 Å². The summed E-state index contributed by atoms with van der Waals surface area (Å²) in [6.07, 6.45) is 0. The molecule has 0 heterocycles. The molecule has 0 spiro atoms. The second-order valence-electron chi connectivity index (χ2n) is 3.84. The van der Waals surface area contributed by atoms with Crippen molar-refractivity contribution in [3.8, 4) is 0 Å². The predicted molar refractivity (Wildman–Crippen MR) is 69.2 cm³/mol. The van der Waals surface area contributed by atoms with Crippen LogP contribution in [0.3, 0.4) is 0 Å². The van der Waals surface area contributed by atoms with Gasteiger partial charge in [0.15, 0.2) is 0 Å². The molecule has 9 heteroatoms. The lowest BCUT2D eigenvalue weighted by atomic mass is 10.1. The van der Waals surface area contributed by atoms with Crippen molar-refractivity contribution < 1.29 is 17.9 Å². The highest BCUT2D eigenvalue weighted by atomic mass is 32.2. The molecular weight excluding hydrogens is 274 g/mol. The monoisotopic (exact) mass is 283 g/mol. The van der Waals surface area contributed by atoms with Crippen molar-refractivity contribution in [3.05, 3.63) is 34.4 Å². The molecule has 0 amide bonds. The molecule has 0 aliphatic carbocycles. The number of anilines is 2. The second kappa shape index (κ2) is 4.07. The van der Waals surface area contributed by atoms with Crippen LogP contribution in [-0.2, 0) is 10.1 Å². The van der Waals surface area contributed by atoms with E-state index in [9.17, 15) is 18.5 Å². The van der Waals surface area contributed by atoms with Gasteiger partial charge in [0.1, 0.15) is 4.90 Å². The third-order valence-corrected chi connectivity index (χ3v) is 3.54. The topological polar surface area (TPSA) is 150 Å². The summed E-state index contributed by atoms with van der Waals surface area (Å²) in [5.74, 6) is 0.